The van der Waals surface area contributed by atoms with E-state index in [4.69, 9.17) is 21.4 Å². The zero-order valence-corrected chi connectivity index (χ0v) is 10.2. The maximum absolute atomic E-state index is 11.7. The largest absolute Gasteiger partial charge is 0.481 e. The van der Waals surface area contributed by atoms with Crippen LogP contribution in [0.4, 0.5) is 5.82 Å². The SMILES string of the molecule is COc1nc(Cl)cnc1N1CC(C(=O)O)CC1=O. The molecule has 1 amide bonds. The molecule has 96 valence electrons. The quantitative estimate of drug-likeness (QED) is 0.864. The molecule has 7 nitrogen and oxygen atoms in total. The van der Waals surface area contributed by atoms with Crippen molar-refractivity contribution in [3.05, 3.63) is 11.3 Å². The van der Waals surface area contributed by atoms with Crippen LogP contribution in [-0.2, 0) is 9.59 Å². The number of carbonyl (C=O) groups excluding carboxylic acids is 1. The van der Waals surface area contributed by atoms with Crippen LogP contribution in [0.2, 0.25) is 5.15 Å². The molecule has 0 saturated carbocycles. The Morgan fingerprint density at radius 3 is 2.94 bits per heavy atom. The predicted molar refractivity (Wildman–Crippen MR) is 61.7 cm³/mol. The number of carboxylic acid groups (broad SMARTS) is 1. The molecule has 18 heavy (non-hydrogen) atoms. The maximum atomic E-state index is 11.7. The third-order valence-electron chi connectivity index (χ3n) is 2.62. The molecule has 1 fully saturated rings. The number of rotatable bonds is 3. The first-order valence-electron chi connectivity index (χ1n) is 5.12. The minimum atomic E-state index is -1.01. The topological polar surface area (TPSA) is 92.6 Å². The molecule has 0 spiro atoms. The third kappa shape index (κ3) is 2.21. The van der Waals surface area contributed by atoms with Crippen molar-refractivity contribution in [1.29, 1.82) is 0 Å². The van der Waals surface area contributed by atoms with Crippen molar-refractivity contribution < 1.29 is 19.4 Å². The van der Waals surface area contributed by atoms with Crippen LogP contribution in [-0.4, -0.2) is 40.6 Å². The van der Waals surface area contributed by atoms with Gasteiger partial charge < -0.3 is 9.84 Å². The molecule has 2 rings (SSSR count). The predicted octanol–water partition coefficient (Wildman–Crippen LogP) is 0.576. The molecule has 1 unspecified atom stereocenters. The summed E-state index contributed by atoms with van der Waals surface area (Å²) in [5, 5.41) is 9.04. The summed E-state index contributed by atoms with van der Waals surface area (Å²) >= 11 is 5.67. The fourth-order valence-corrected chi connectivity index (χ4v) is 1.87. The van der Waals surface area contributed by atoms with Crippen molar-refractivity contribution in [2.45, 2.75) is 6.42 Å². The second-order valence-electron chi connectivity index (χ2n) is 3.77. The number of halogens is 1. The lowest BCUT2D eigenvalue weighted by molar-refractivity contribution is -0.141. The van der Waals surface area contributed by atoms with Crippen LogP contribution in [0.3, 0.4) is 0 Å². The van der Waals surface area contributed by atoms with Crippen molar-refractivity contribution >= 4 is 29.3 Å². The van der Waals surface area contributed by atoms with Gasteiger partial charge in [-0.3, -0.25) is 14.5 Å². The van der Waals surface area contributed by atoms with Gasteiger partial charge in [0.25, 0.3) is 5.88 Å². The number of methoxy groups -OCH3 is 1. The van der Waals surface area contributed by atoms with Gasteiger partial charge in [-0.05, 0) is 0 Å². The van der Waals surface area contributed by atoms with Crippen LogP contribution in [0.25, 0.3) is 0 Å². The standard InChI is InChI=1S/C10H10ClN3O4/c1-18-9-8(12-3-6(11)13-9)14-4-5(10(16)17)2-7(14)15/h3,5H,2,4H2,1H3,(H,16,17). The number of aliphatic carboxylic acids is 1. The molecule has 0 aliphatic carbocycles. The molecule has 0 bridgehead atoms. The Balaban J connectivity index is 2.32. The van der Waals surface area contributed by atoms with Gasteiger partial charge in [-0.25, -0.2) is 4.98 Å². The number of aromatic nitrogens is 2. The summed E-state index contributed by atoms with van der Waals surface area (Å²) in [6.07, 6.45) is 1.23. The Labute approximate surface area is 107 Å². The molecule has 2 heterocycles. The number of hydrogen-bond acceptors (Lipinski definition) is 5. The van der Waals surface area contributed by atoms with Crippen molar-refractivity contribution in [3.63, 3.8) is 0 Å². The summed E-state index contributed by atoms with van der Waals surface area (Å²) in [7, 11) is 1.37. The summed E-state index contributed by atoms with van der Waals surface area (Å²) in [6.45, 7) is 0.0564. The average Bonchev–Trinajstić information content (AvgIpc) is 2.71. The lowest BCUT2D eigenvalue weighted by Gasteiger charge is -2.16. The number of carbonyl (C=O) groups is 2. The molecule has 1 saturated heterocycles. The first-order chi connectivity index (χ1) is 8.52. The molecule has 1 aromatic rings. The van der Waals surface area contributed by atoms with Crippen LogP contribution >= 0.6 is 11.6 Å². The summed E-state index contributed by atoms with van der Waals surface area (Å²) < 4.78 is 4.98. The second kappa shape index (κ2) is 4.77. The van der Waals surface area contributed by atoms with Gasteiger partial charge in [-0.1, -0.05) is 11.6 Å². The van der Waals surface area contributed by atoms with Gasteiger partial charge in [0.1, 0.15) is 0 Å². The Morgan fingerprint density at radius 1 is 1.67 bits per heavy atom. The smallest absolute Gasteiger partial charge is 0.308 e. The summed E-state index contributed by atoms with van der Waals surface area (Å²) in [5.74, 6) is -1.78. The fraction of sp³-hybridized carbons (Fsp3) is 0.400. The summed E-state index contributed by atoms with van der Waals surface area (Å²) in [6, 6.07) is 0. The van der Waals surface area contributed by atoms with Gasteiger partial charge in [0.05, 0.1) is 19.2 Å². The van der Waals surface area contributed by atoms with Crippen LogP contribution in [0.15, 0.2) is 6.20 Å². The highest BCUT2D eigenvalue weighted by Crippen LogP contribution is 2.30. The monoisotopic (exact) mass is 271 g/mol. The number of nitrogens with zero attached hydrogens (tertiary/aromatic N) is 3. The van der Waals surface area contributed by atoms with Gasteiger partial charge in [0.2, 0.25) is 5.91 Å². The molecule has 1 N–H and O–H groups in total. The van der Waals surface area contributed by atoms with Crippen molar-refractivity contribution in [1.82, 2.24) is 9.97 Å². The fourth-order valence-electron chi connectivity index (χ4n) is 1.75. The molecule has 1 aliphatic heterocycles. The molecule has 8 heteroatoms. The van der Waals surface area contributed by atoms with Gasteiger partial charge in [0, 0.05) is 13.0 Å². The number of hydrogen-bond donors (Lipinski definition) is 1. The van der Waals surface area contributed by atoms with Gasteiger partial charge in [-0.15, -0.1) is 0 Å². The van der Waals surface area contributed by atoms with E-state index in [1.807, 2.05) is 0 Å². The number of amides is 1. The van der Waals surface area contributed by atoms with Crippen LogP contribution in [0.5, 0.6) is 5.88 Å². The average molecular weight is 272 g/mol. The maximum Gasteiger partial charge on any atom is 0.308 e. The first-order valence-corrected chi connectivity index (χ1v) is 5.50. The Hall–Kier alpha value is -1.89. The van der Waals surface area contributed by atoms with E-state index in [0.717, 1.165) is 0 Å². The van der Waals surface area contributed by atoms with E-state index < -0.39 is 11.9 Å². The van der Waals surface area contributed by atoms with E-state index in [1.54, 1.807) is 0 Å². The number of anilines is 1. The second-order valence-corrected chi connectivity index (χ2v) is 4.16. The van der Waals surface area contributed by atoms with Crippen molar-refractivity contribution in [2.24, 2.45) is 5.92 Å². The minimum Gasteiger partial charge on any atom is -0.481 e. The highest BCUT2D eigenvalue weighted by molar-refractivity contribution is 6.29. The zero-order valence-electron chi connectivity index (χ0n) is 9.46. The molecular formula is C10H10ClN3O4. The van der Waals surface area contributed by atoms with Crippen molar-refractivity contribution in [2.75, 3.05) is 18.6 Å². The van der Waals surface area contributed by atoms with Crippen LogP contribution < -0.4 is 9.64 Å². The normalized spacial score (nSPS) is 19.1. The molecule has 1 atom stereocenters. The van der Waals surface area contributed by atoms with Gasteiger partial charge >= 0.3 is 5.97 Å². The van der Waals surface area contributed by atoms with E-state index in [2.05, 4.69) is 9.97 Å². The molecule has 0 aromatic carbocycles. The van der Waals surface area contributed by atoms with E-state index in [9.17, 15) is 9.59 Å². The summed E-state index contributed by atoms with van der Waals surface area (Å²) in [5.41, 5.74) is 0. The molecule has 1 aliphatic rings. The molecule has 0 radical (unpaired) electrons. The first kappa shape index (κ1) is 12.6. The number of ether oxygens (including phenoxy) is 1. The van der Waals surface area contributed by atoms with Gasteiger partial charge in [-0.2, -0.15) is 4.98 Å². The molecule has 1 aromatic heterocycles. The van der Waals surface area contributed by atoms with Crippen LogP contribution in [0, 0.1) is 5.92 Å². The minimum absolute atomic E-state index is 0.0528. The molecular weight excluding hydrogens is 262 g/mol. The zero-order chi connectivity index (χ0) is 13.3. The number of carboxylic acids is 1. The summed E-state index contributed by atoms with van der Waals surface area (Å²) in [4.78, 5) is 31.7. The van der Waals surface area contributed by atoms with Crippen LogP contribution in [0.1, 0.15) is 6.42 Å². The van der Waals surface area contributed by atoms with E-state index in [1.165, 1.54) is 18.2 Å². The Morgan fingerprint density at radius 2 is 2.39 bits per heavy atom. The van der Waals surface area contributed by atoms with Gasteiger partial charge in [0.15, 0.2) is 11.0 Å². The lowest BCUT2D eigenvalue weighted by atomic mass is 10.1. The van der Waals surface area contributed by atoms with E-state index in [-0.39, 0.29) is 35.7 Å². The van der Waals surface area contributed by atoms with Crippen molar-refractivity contribution in [3.8, 4) is 5.88 Å². The Kier molecular flexibility index (Phi) is 3.33. The highest BCUT2D eigenvalue weighted by Gasteiger charge is 2.37. The highest BCUT2D eigenvalue weighted by atomic mass is 35.5. The van der Waals surface area contributed by atoms with E-state index in [0.29, 0.717) is 0 Å². The lowest BCUT2D eigenvalue weighted by Crippen LogP contribution is -2.27. The third-order valence-corrected chi connectivity index (χ3v) is 2.80. The van der Waals surface area contributed by atoms with E-state index >= 15 is 0 Å². The Bertz CT molecular complexity index is 508.